The molecule has 3 rings (SSSR count). The number of hydrogen-bond acceptors (Lipinski definition) is 6. The molecule has 1 aliphatic rings. The van der Waals surface area contributed by atoms with Crippen LogP contribution in [0.25, 0.3) is 0 Å². The molecule has 0 unspecified atom stereocenters. The van der Waals surface area contributed by atoms with Crippen LogP contribution in [-0.2, 0) is 16.1 Å². The van der Waals surface area contributed by atoms with E-state index in [0.717, 1.165) is 36.0 Å². The third-order valence-electron chi connectivity index (χ3n) is 3.85. The van der Waals surface area contributed by atoms with Gasteiger partial charge in [-0.1, -0.05) is 6.92 Å². The lowest BCUT2D eigenvalue weighted by Gasteiger charge is -2.31. The van der Waals surface area contributed by atoms with Crippen LogP contribution in [0.2, 0.25) is 0 Å². The first-order valence-electron chi connectivity index (χ1n) is 8.23. The molecule has 24 heavy (non-hydrogen) atoms. The summed E-state index contributed by atoms with van der Waals surface area (Å²) in [7, 11) is 0. The molecule has 7 nitrogen and oxygen atoms in total. The lowest BCUT2D eigenvalue weighted by molar-refractivity contribution is -0.119. The maximum atomic E-state index is 12.3. The number of morpholine rings is 1. The predicted molar refractivity (Wildman–Crippen MR) is 93.1 cm³/mol. The average Bonchev–Trinajstić information content (AvgIpc) is 3.17. The number of hydrogen-bond donors (Lipinski definition) is 1. The van der Waals surface area contributed by atoms with Crippen molar-refractivity contribution in [3.63, 3.8) is 0 Å². The molecule has 2 aromatic heterocycles. The Morgan fingerprint density at radius 2 is 2.42 bits per heavy atom. The first kappa shape index (κ1) is 17.1. The fourth-order valence-electron chi connectivity index (χ4n) is 2.73. The van der Waals surface area contributed by atoms with E-state index in [1.807, 2.05) is 23.1 Å². The van der Waals surface area contributed by atoms with Gasteiger partial charge in [-0.3, -0.25) is 9.69 Å². The van der Waals surface area contributed by atoms with Crippen LogP contribution in [0.4, 0.5) is 5.82 Å². The number of carbonyl (C=O) groups excluding carboxylic acids is 1. The van der Waals surface area contributed by atoms with Crippen molar-refractivity contribution in [3.8, 4) is 0 Å². The number of nitrogens with one attached hydrogen (secondary N) is 1. The molecule has 0 spiro atoms. The topological polar surface area (TPSA) is 72.3 Å². The Morgan fingerprint density at radius 1 is 1.54 bits per heavy atom. The average molecular weight is 349 g/mol. The molecule has 1 amide bonds. The molecule has 1 N–H and O–H groups in total. The van der Waals surface area contributed by atoms with E-state index in [4.69, 9.17) is 4.74 Å². The van der Waals surface area contributed by atoms with Gasteiger partial charge in [-0.15, -0.1) is 11.3 Å². The zero-order valence-corrected chi connectivity index (χ0v) is 14.9. The molecule has 1 atom stereocenters. The van der Waals surface area contributed by atoms with E-state index in [1.165, 1.54) is 0 Å². The summed E-state index contributed by atoms with van der Waals surface area (Å²) in [4.78, 5) is 18.9. The largest absolute Gasteiger partial charge is 0.368 e. The van der Waals surface area contributed by atoms with Crippen molar-refractivity contribution in [3.05, 3.63) is 28.3 Å². The smallest absolute Gasteiger partial charge is 0.239 e. The molecule has 0 aromatic carbocycles. The van der Waals surface area contributed by atoms with Crippen LogP contribution >= 0.6 is 11.3 Å². The SMILES string of the molecule is CCCn1nccc1NC(=O)CN1CCO[C@H](c2nc(C)cs2)C1. The van der Waals surface area contributed by atoms with Crippen LogP contribution in [0.5, 0.6) is 0 Å². The Kier molecular flexibility index (Phi) is 5.60. The fraction of sp³-hybridized carbons (Fsp3) is 0.562. The van der Waals surface area contributed by atoms with Gasteiger partial charge in [0.15, 0.2) is 0 Å². The molecule has 0 radical (unpaired) electrons. The maximum Gasteiger partial charge on any atom is 0.239 e. The minimum Gasteiger partial charge on any atom is -0.368 e. The van der Waals surface area contributed by atoms with Gasteiger partial charge in [0.2, 0.25) is 5.91 Å². The third kappa shape index (κ3) is 4.19. The number of carbonyl (C=O) groups is 1. The van der Waals surface area contributed by atoms with E-state index in [9.17, 15) is 4.79 Å². The number of amides is 1. The first-order chi connectivity index (χ1) is 11.7. The van der Waals surface area contributed by atoms with Crippen molar-refractivity contribution in [2.75, 3.05) is 31.6 Å². The van der Waals surface area contributed by atoms with Gasteiger partial charge in [0.25, 0.3) is 0 Å². The van der Waals surface area contributed by atoms with Crippen LogP contribution in [-0.4, -0.2) is 51.8 Å². The van der Waals surface area contributed by atoms with Crippen LogP contribution < -0.4 is 5.32 Å². The monoisotopic (exact) mass is 349 g/mol. The summed E-state index contributed by atoms with van der Waals surface area (Å²) >= 11 is 1.61. The number of thiazole rings is 1. The molecular formula is C16H23N5O2S. The van der Waals surface area contributed by atoms with Crippen LogP contribution in [0, 0.1) is 6.92 Å². The summed E-state index contributed by atoms with van der Waals surface area (Å²) in [5.74, 6) is 0.728. The van der Waals surface area contributed by atoms with Gasteiger partial charge in [0.1, 0.15) is 16.9 Å². The van der Waals surface area contributed by atoms with E-state index in [-0.39, 0.29) is 12.0 Å². The fourth-order valence-corrected chi connectivity index (χ4v) is 3.56. The van der Waals surface area contributed by atoms with Crippen LogP contribution in [0.3, 0.4) is 0 Å². The van der Waals surface area contributed by atoms with Gasteiger partial charge in [-0.25, -0.2) is 9.67 Å². The van der Waals surface area contributed by atoms with E-state index < -0.39 is 0 Å². The summed E-state index contributed by atoms with van der Waals surface area (Å²) in [6, 6.07) is 1.83. The third-order valence-corrected chi connectivity index (χ3v) is 4.90. The molecule has 1 saturated heterocycles. The zero-order valence-electron chi connectivity index (χ0n) is 14.1. The van der Waals surface area contributed by atoms with Crippen molar-refractivity contribution in [1.29, 1.82) is 0 Å². The van der Waals surface area contributed by atoms with E-state index in [1.54, 1.807) is 17.5 Å². The summed E-state index contributed by atoms with van der Waals surface area (Å²) in [5, 5.41) is 10.2. The molecule has 1 fully saturated rings. The van der Waals surface area contributed by atoms with Crippen LogP contribution in [0.1, 0.15) is 30.2 Å². The highest BCUT2D eigenvalue weighted by molar-refractivity contribution is 7.09. The Balaban J connectivity index is 1.55. The lowest BCUT2D eigenvalue weighted by atomic mass is 10.2. The number of aromatic nitrogens is 3. The predicted octanol–water partition coefficient (Wildman–Crippen LogP) is 2.07. The van der Waals surface area contributed by atoms with E-state index in [2.05, 4.69) is 27.2 Å². The minimum absolute atomic E-state index is 0.0242. The van der Waals surface area contributed by atoms with Gasteiger partial charge in [0.05, 0.1) is 19.3 Å². The molecule has 130 valence electrons. The normalized spacial score (nSPS) is 18.7. The van der Waals surface area contributed by atoms with Crippen molar-refractivity contribution in [2.45, 2.75) is 32.9 Å². The minimum atomic E-state index is -0.0455. The highest BCUT2D eigenvalue weighted by Crippen LogP contribution is 2.25. The lowest BCUT2D eigenvalue weighted by Crippen LogP contribution is -2.42. The number of nitrogens with zero attached hydrogens (tertiary/aromatic N) is 4. The summed E-state index contributed by atoms with van der Waals surface area (Å²) in [6.07, 6.45) is 2.64. The molecule has 0 bridgehead atoms. The molecule has 1 aliphatic heterocycles. The highest BCUT2D eigenvalue weighted by Gasteiger charge is 2.25. The second kappa shape index (κ2) is 7.87. The number of rotatable bonds is 6. The molecule has 3 heterocycles. The van der Waals surface area contributed by atoms with E-state index >= 15 is 0 Å². The number of aryl methyl sites for hydroxylation is 2. The van der Waals surface area contributed by atoms with Crippen molar-refractivity contribution in [2.24, 2.45) is 0 Å². The van der Waals surface area contributed by atoms with Crippen molar-refractivity contribution in [1.82, 2.24) is 19.7 Å². The maximum absolute atomic E-state index is 12.3. The summed E-state index contributed by atoms with van der Waals surface area (Å²) < 4.78 is 7.62. The van der Waals surface area contributed by atoms with Gasteiger partial charge in [-0.2, -0.15) is 5.10 Å². The quantitative estimate of drug-likeness (QED) is 0.864. The second-order valence-electron chi connectivity index (χ2n) is 5.91. The molecule has 2 aromatic rings. The van der Waals surface area contributed by atoms with Crippen molar-refractivity contribution < 1.29 is 9.53 Å². The van der Waals surface area contributed by atoms with Gasteiger partial charge in [-0.05, 0) is 13.3 Å². The summed E-state index contributed by atoms with van der Waals surface area (Å²) in [6.45, 7) is 7.27. The molecule has 0 aliphatic carbocycles. The van der Waals surface area contributed by atoms with Crippen LogP contribution in [0.15, 0.2) is 17.6 Å². The van der Waals surface area contributed by atoms with Gasteiger partial charge >= 0.3 is 0 Å². The summed E-state index contributed by atoms with van der Waals surface area (Å²) in [5.41, 5.74) is 1.01. The Morgan fingerprint density at radius 3 is 3.17 bits per heavy atom. The van der Waals surface area contributed by atoms with E-state index in [0.29, 0.717) is 19.7 Å². The molecule has 8 heteroatoms. The molecule has 0 saturated carbocycles. The van der Waals surface area contributed by atoms with Gasteiger partial charge in [0, 0.05) is 36.8 Å². The number of ether oxygens (including phenoxy) is 1. The number of anilines is 1. The first-order valence-corrected chi connectivity index (χ1v) is 9.11. The Bertz CT molecular complexity index is 684. The second-order valence-corrected chi connectivity index (χ2v) is 6.80. The molecular weight excluding hydrogens is 326 g/mol. The standard InChI is InChI=1S/C16H23N5O2S/c1-3-6-21-14(4-5-17-21)19-15(22)10-20-7-8-23-13(9-20)16-18-12(2)11-24-16/h4-5,11,13H,3,6-10H2,1-2H3,(H,19,22)/t13-/m0/s1. The zero-order chi connectivity index (χ0) is 16.9. The Hall–Kier alpha value is -1.77. The van der Waals surface area contributed by atoms with Crippen molar-refractivity contribution >= 4 is 23.1 Å². The van der Waals surface area contributed by atoms with Gasteiger partial charge < -0.3 is 10.1 Å². The Labute approximate surface area is 145 Å². The highest BCUT2D eigenvalue weighted by atomic mass is 32.1.